The lowest BCUT2D eigenvalue weighted by Gasteiger charge is -2.05. The molecule has 0 saturated heterocycles. The molecule has 1 rings (SSSR count). The van der Waals surface area contributed by atoms with Gasteiger partial charge in [0.1, 0.15) is 5.76 Å². The third-order valence-corrected chi connectivity index (χ3v) is 3.16. The molecular weight excluding hydrogens is 238 g/mol. The molecule has 4 nitrogen and oxygen atoms in total. The highest BCUT2D eigenvalue weighted by Crippen LogP contribution is 2.23. The van der Waals surface area contributed by atoms with Crippen molar-refractivity contribution in [1.29, 1.82) is 0 Å². The second-order valence-corrected chi connectivity index (χ2v) is 4.37. The van der Waals surface area contributed by atoms with Crippen molar-refractivity contribution in [3.63, 3.8) is 0 Å². The fraction of sp³-hybridized carbons (Fsp3) is 0.333. The van der Waals surface area contributed by atoms with Crippen LogP contribution in [-0.4, -0.2) is 17.8 Å². The summed E-state index contributed by atoms with van der Waals surface area (Å²) in [4.78, 5) is 11.1. The average molecular weight is 253 g/mol. The van der Waals surface area contributed by atoms with Crippen molar-refractivity contribution in [2.45, 2.75) is 18.2 Å². The van der Waals surface area contributed by atoms with Gasteiger partial charge in [0.15, 0.2) is 0 Å². The van der Waals surface area contributed by atoms with Crippen molar-refractivity contribution in [1.82, 2.24) is 0 Å². The topological polar surface area (TPSA) is 52.4 Å². The van der Waals surface area contributed by atoms with E-state index in [2.05, 4.69) is 6.92 Å². The molecule has 92 valence electrons. The number of thioether (sulfide) groups is 1. The van der Waals surface area contributed by atoms with Crippen molar-refractivity contribution >= 4 is 17.4 Å². The summed E-state index contributed by atoms with van der Waals surface area (Å²) >= 11 is 1.60. The average Bonchev–Trinajstić information content (AvgIpc) is 2.35. The molecule has 0 aliphatic rings. The van der Waals surface area contributed by atoms with Gasteiger partial charge >= 0.3 is 0 Å². The van der Waals surface area contributed by atoms with Crippen LogP contribution in [0.2, 0.25) is 0 Å². The van der Waals surface area contributed by atoms with Gasteiger partial charge in [0, 0.05) is 17.0 Å². The molecule has 0 radical (unpaired) electrons. The zero-order valence-corrected chi connectivity index (χ0v) is 10.7. The summed E-state index contributed by atoms with van der Waals surface area (Å²) < 4.78 is 5.21. The number of methoxy groups -OCH3 is 1. The lowest BCUT2D eigenvalue weighted by Crippen LogP contribution is -1.91. The van der Waals surface area contributed by atoms with Crippen LogP contribution in [0.4, 0.5) is 5.69 Å². The smallest absolute Gasteiger partial charge is 0.269 e. The number of hydrogen-bond donors (Lipinski definition) is 0. The van der Waals surface area contributed by atoms with Crippen molar-refractivity contribution in [2.24, 2.45) is 0 Å². The lowest BCUT2D eigenvalue weighted by molar-refractivity contribution is -0.384. The van der Waals surface area contributed by atoms with Crippen LogP contribution in [0.1, 0.15) is 13.3 Å². The Balaban J connectivity index is 2.58. The number of allylic oxidation sites excluding steroid dienone is 1. The molecule has 0 bridgehead atoms. The van der Waals surface area contributed by atoms with Crippen LogP contribution < -0.4 is 0 Å². The first-order valence-corrected chi connectivity index (χ1v) is 6.26. The Bertz CT molecular complexity index is 401. The van der Waals surface area contributed by atoms with Crippen molar-refractivity contribution in [2.75, 3.05) is 12.9 Å². The summed E-state index contributed by atoms with van der Waals surface area (Å²) in [5.41, 5.74) is 0.116. The van der Waals surface area contributed by atoms with E-state index in [-0.39, 0.29) is 5.69 Å². The molecule has 1 aromatic carbocycles. The van der Waals surface area contributed by atoms with Gasteiger partial charge in [-0.25, -0.2) is 0 Å². The van der Waals surface area contributed by atoms with E-state index in [4.69, 9.17) is 4.74 Å². The van der Waals surface area contributed by atoms with Crippen LogP contribution in [0.15, 0.2) is 41.0 Å². The van der Waals surface area contributed by atoms with Crippen molar-refractivity contribution in [3.05, 3.63) is 46.2 Å². The Morgan fingerprint density at radius 1 is 1.47 bits per heavy atom. The van der Waals surface area contributed by atoms with Gasteiger partial charge in [-0.05, 0) is 24.6 Å². The zero-order chi connectivity index (χ0) is 12.7. The van der Waals surface area contributed by atoms with E-state index in [1.54, 1.807) is 31.0 Å². The third kappa shape index (κ3) is 4.48. The first-order valence-electron chi connectivity index (χ1n) is 5.27. The van der Waals surface area contributed by atoms with Crippen LogP contribution >= 0.6 is 11.8 Å². The molecule has 0 aliphatic heterocycles. The van der Waals surface area contributed by atoms with E-state index < -0.39 is 4.92 Å². The maximum absolute atomic E-state index is 10.5. The van der Waals surface area contributed by atoms with E-state index in [1.807, 2.05) is 6.08 Å². The van der Waals surface area contributed by atoms with E-state index in [0.29, 0.717) is 0 Å². The van der Waals surface area contributed by atoms with Crippen LogP contribution in [0.25, 0.3) is 0 Å². The second kappa shape index (κ2) is 6.96. The molecule has 17 heavy (non-hydrogen) atoms. The van der Waals surface area contributed by atoms with Gasteiger partial charge in [-0.15, -0.1) is 11.8 Å². The summed E-state index contributed by atoms with van der Waals surface area (Å²) in [5.74, 6) is 1.66. The number of hydrogen-bond acceptors (Lipinski definition) is 4. The predicted octanol–water partition coefficient (Wildman–Crippen LogP) is 3.63. The number of nitro benzene ring substituents is 1. The molecule has 0 aromatic heterocycles. The van der Waals surface area contributed by atoms with Crippen LogP contribution in [0, 0.1) is 10.1 Å². The predicted molar refractivity (Wildman–Crippen MR) is 69.2 cm³/mol. The molecule has 0 spiro atoms. The summed E-state index contributed by atoms with van der Waals surface area (Å²) in [6, 6.07) is 6.53. The van der Waals surface area contributed by atoms with Crippen LogP contribution in [-0.2, 0) is 4.74 Å². The van der Waals surface area contributed by atoms with E-state index in [1.165, 1.54) is 12.1 Å². The third-order valence-electron chi connectivity index (χ3n) is 2.12. The number of ether oxygens (including phenoxy) is 1. The summed E-state index contributed by atoms with van der Waals surface area (Å²) in [6.07, 6.45) is 2.96. The number of non-ortho nitro benzene ring substituents is 1. The summed E-state index contributed by atoms with van der Waals surface area (Å²) in [7, 11) is 1.65. The van der Waals surface area contributed by atoms with Gasteiger partial charge < -0.3 is 4.74 Å². The minimum absolute atomic E-state index is 0.116. The number of nitrogens with zero attached hydrogens (tertiary/aromatic N) is 1. The maximum Gasteiger partial charge on any atom is 0.269 e. The van der Waals surface area contributed by atoms with Gasteiger partial charge in [-0.2, -0.15) is 0 Å². The molecule has 0 heterocycles. The van der Waals surface area contributed by atoms with Crippen molar-refractivity contribution in [3.8, 4) is 0 Å². The lowest BCUT2D eigenvalue weighted by atomic mass is 10.3. The molecule has 0 saturated carbocycles. The Hall–Kier alpha value is -1.49. The summed E-state index contributed by atoms with van der Waals surface area (Å²) in [6.45, 7) is 2.05. The minimum Gasteiger partial charge on any atom is -0.501 e. The van der Waals surface area contributed by atoms with E-state index >= 15 is 0 Å². The van der Waals surface area contributed by atoms with Gasteiger partial charge in [0.05, 0.1) is 17.8 Å². The normalized spacial score (nSPS) is 11.3. The highest BCUT2D eigenvalue weighted by Gasteiger charge is 2.04. The minimum atomic E-state index is -0.397. The van der Waals surface area contributed by atoms with Gasteiger partial charge in [0.25, 0.3) is 5.69 Å². The van der Waals surface area contributed by atoms with Gasteiger partial charge in [0.2, 0.25) is 0 Å². The Labute approximate surface area is 105 Å². The number of benzene rings is 1. The molecule has 0 amide bonds. The fourth-order valence-electron chi connectivity index (χ4n) is 1.25. The monoisotopic (exact) mass is 253 g/mol. The van der Waals surface area contributed by atoms with E-state index in [0.717, 1.165) is 22.8 Å². The molecule has 5 heteroatoms. The Kier molecular flexibility index (Phi) is 5.56. The molecule has 0 N–H and O–H groups in total. The van der Waals surface area contributed by atoms with Crippen molar-refractivity contribution < 1.29 is 9.66 Å². The second-order valence-electron chi connectivity index (χ2n) is 3.32. The first-order chi connectivity index (χ1) is 8.17. The SMILES string of the molecule is CC/C=C(/CSc1ccc([N+](=O)[O-])cc1)OC. The molecule has 0 atom stereocenters. The molecule has 0 aliphatic carbocycles. The Morgan fingerprint density at radius 2 is 2.12 bits per heavy atom. The van der Waals surface area contributed by atoms with Gasteiger partial charge in [-0.1, -0.05) is 6.92 Å². The van der Waals surface area contributed by atoms with E-state index in [9.17, 15) is 10.1 Å². The highest BCUT2D eigenvalue weighted by atomic mass is 32.2. The fourth-order valence-corrected chi connectivity index (χ4v) is 2.12. The highest BCUT2D eigenvalue weighted by molar-refractivity contribution is 7.99. The number of nitro groups is 1. The molecule has 1 aromatic rings. The van der Waals surface area contributed by atoms with Gasteiger partial charge in [-0.3, -0.25) is 10.1 Å². The zero-order valence-electron chi connectivity index (χ0n) is 9.88. The standard InChI is InChI=1S/C12H15NO3S/c1-3-4-11(16-2)9-17-12-7-5-10(6-8-12)13(14)15/h4-8H,3,9H2,1-2H3/b11-4-. The van der Waals surface area contributed by atoms with Crippen LogP contribution in [0.3, 0.4) is 0 Å². The summed E-state index contributed by atoms with van der Waals surface area (Å²) in [5, 5.41) is 10.5. The number of rotatable bonds is 6. The Morgan fingerprint density at radius 3 is 2.59 bits per heavy atom. The molecular formula is C12H15NO3S. The van der Waals surface area contributed by atoms with Crippen LogP contribution in [0.5, 0.6) is 0 Å². The maximum atomic E-state index is 10.5. The largest absolute Gasteiger partial charge is 0.501 e. The quantitative estimate of drug-likeness (QED) is 0.336. The molecule has 0 fully saturated rings. The first kappa shape index (κ1) is 13.6. The molecule has 0 unspecified atom stereocenters.